The molecule has 5 nitrogen and oxygen atoms in total. The van der Waals surface area contributed by atoms with E-state index in [4.69, 9.17) is 4.74 Å². The fourth-order valence-corrected chi connectivity index (χ4v) is 4.27. The van der Waals surface area contributed by atoms with Gasteiger partial charge in [0.05, 0.1) is 0 Å². The van der Waals surface area contributed by atoms with Crippen LogP contribution < -0.4 is 10.1 Å². The first-order valence-corrected chi connectivity index (χ1v) is 10.9. The van der Waals surface area contributed by atoms with Gasteiger partial charge in [0, 0.05) is 23.3 Å². The molecule has 1 fully saturated rings. The number of fused-ring (bicyclic) bond motifs is 1. The third-order valence-corrected chi connectivity index (χ3v) is 5.93. The molecule has 3 aromatic carbocycles. The lowest BCUT2D eigenvalue weighted by molar-refractivity contribution is -0.118. The second-order valence-corrected chi connectivity index (χ2v) is 8.26. The number of hydrogen-bond donors (Lipinski definition) is 1. The van der Waals surface area contributed by atoms with Crippen LogP contribution in [0.1, 0.15) is 43.5 Å². The lowest BCUT2D eigenvalue weighted by Crippen LogP contribution is -2.47. The van der Waals surface area contributed by atoms with Gasteiger partial charge in [0.1, 0.15) is 5.75 Å². The fraction of sp³-hybridized carbons (Fsp3) is 0.308. The van der Waals surface area contributed by atoms with Gasteiger partial charge in [0.2, 0.25) is 0 Å². The van der Waals surface area contributed by atoms with Gasteiger partial charge in [0.25, 0.3) is 11.8 Å². The van der Waals surface area contributed by atoms with Gasteiger partial charge >= 0.3 is 0 Å². The molecular weight excluding hydrogens is 388 g/mol. The number of hydrogen-bond acceptors (Lipinski definition) is 3. The summed E-state index contributed by atoms with van der Waals surface area (Å²) in [5.74, 6) is 0.460. The molecule has 1 heterocycles. The minimum atomic E-state index is -0.245. The fourth-order valence-electron chi connectivity index (χ4n) is 4.27. The second-order valence-electron chi connectivity index (χ2n) is 8.26. The van der Waals surface area contributed by atoms with Gasteiger partial charge in [0.15, 0.2) is 6.61 Å². The Labute approximate surface area is 183 Å². The number of carbonyl (C=O) groups excluding carboxylic acids is 2. The zero-order valence-corrected chi connectivity index (χ0v) is 18.0. The molecule has 1 aliphatic rings. The van der Waals surface area contributed by atoms with Crippen molar-refractivity contribution < 1.29 is 14.3 Å². The summed E-state index contributed by atoms with van der Waals surface area (Å²) >= 11 is 0. The molecular formula is C26H28N2O3. The molecule has 2 unspecified atom stereocenters. The summed E-state index contributed by atoms with van der Waals surface area (Å²) in [6, 6.07) is 21.3. The van der Waals surface area contributed by atoms with Gasteiger partial charge in [-0.3, -0.25) is 9.59 Å². The van der Waals surface area contributed by atoms with Crippen molar-refractivity contribution in [3.05, 3.63) is 72.3 Å². The first-order valence-electron chi connectivity index (χ1n) is 10.9. The van der Waals surface area contributed by atoms with E-state index in [2.05, 4.69) is 19.2 Å². The van der Waals surface area contributed by atoms with Crippen molar-refractivity contribution in [2.24, 2.45) is 0 Å². The molecule has 1 aliphatic heterocycles. The Morgan fingerprint density at radius 2 is 1.61 bits per heavy atom. The number of amides is 2. The molecule has 0 spiro atoms. The molecule has 0 saturated carbocycles. The van der Waals surface area contributed by atoms with E-state index < -0.39 is 0 Å². The largest absolute Gasteiger partial charge is 0.484 e. The Bertz CT molecular complexity index is 1070. The maximum atomic E-state index is 12.9. The van der Waals surface area contributed by atoms with Crippen LogP contribution in [-0.2, 0) is 4.79 Å². The quantitative estimate of drug-likeness (QED) is 0.617. The molecule has 0 bridgehead atoms. The van der Waals surface area contributed by atoms with Crippen molar-refractivity contribution in [3.63, 3.8) is 0 Å². The van der Waals surface area contributed by atoms with E-state index in [-0.39, 0.29) is 30.5 Å². The minimum Gasteiger partial charge on any atom is -0.484 e. The standard InChI is InChI=1S/C26H28N2O3/c1-18-6-5-7-19(2)28(18)26(30)21-10-13-23(14-11-21)27-25(29)17-31-24-15-12-20-8-3-4-9-22(20)16-24/h3-4,8-16,18-19H,5-7,17H2,1-2H3,(H,27,29). The van der Waals surface area contributed by atoms with Gasteiger partial charge in [-0.2, -0.15) is 0 Å². The Morgan fingerprint density at radius 1 is 0.935 bits per heavy atom. The normalized spacial score (nSPS) is 18.6. The zero-order valence-electron chi connectivity index (χ0n) is 18.0. The van der Waals surface area contributed by atoms with Gasteiger partial charge < -0.3 is 15.0 Å². The average molecular weight is 417 g/mol. The van der Waals surface area contributed by atoms with E-state index in [0.717, 1.165) is 23.6 Å². The average Bonchev–Trinajstić information content (AvgIpc) is 2.78. The summed E-state index contributed by atoms with van der Waals surface area (Å²) in [4.78, 5) is 27.2. The molecule has 31 heavy (non-hydrogen) atoms. The highest BCUT2D eigenvalue weighted by Crippen LogP contribution is 2.25. The Balaban J connectivity index is 1.33. The van der Waals surface area contributed by atoms with Gasteiger partial charge in [-0.05, 0) is 80.3 Å². The molecule has 5 heteroatoms. The summed E-state index contributed by atoms with van der Waals surface area (Å²) in [7, 11) is 0. The first kappa shape index (κ1) is 20.9. The number of benzene rings is 3. The number of piperidine rings is 1. The number of ether oxygens (including phenoxy) is 1. The van der Waals surface area contributed by atoms with Crippen LogP contribution in [0.5, 0.6) is 5.75 Å². The van der Waals surface area contributed by atoms with Crippen molar-refractivity contribution in [2.75, 3.05) is 11.9 Å². The number of rotatable bonds is 5. The van der Waals surface area contributed by atoms with Crippen LogP contribution in [0.3, 0.4) is 0 Å². The summed E-state index contributed by atoms with van der Waals surface area (Å²) in [5.41, 5.74) is 1.29. The Morgan fingerprint density at radius 3 is 2.32 bits per heavy atom. The van der Waals surface area contributed by atoms with E-state index in [9.17, 15) is 9.59 Å². The van der Waals surface area contributed by atoms with Gasteiger partial charge in [-0.25, -0.2) is 0 Å². The van der Waals surface area contributed by atoms with E-state index in [1.54, 1.807) is 24.3 Å². The molecule has 160 valence electrons. The molecule has 0 aromatic heterocycles. The third kappa shape index (κ3) is 4.88. The predicted octanol–water partition coefficient (Wildman–Crippen LogP) is 5.26. The lowest BCUT2D eigenvalue weighted by atomic mass is 9.96. The van der Waals surface area contributed by atoms with Crippen LogP contribution in [0.25, 0.3) is 10.8 Å². The van der Waals surface area contributed by atoms with Crippen LogP contribution in [0.15, 0.2) is 66.7 Å². The number of carbonyl (C=O) groups is 2. The molecule has 0 radical (unpaired) electrons. The summed E-state index contributed by atoms with van der Waals surface area (Å²) in [5, 5.41) is 5.02. The maximum absolute atomic E-state index is 12.9. The molecule has 2 atom stereocenters. The van der Waals surface area contributed by atoms with E-state index in [1.165, 1.54) is 6.42 Å². The molecule has 0 aliphatic carbocycles. The number of nitrogens with zero attached hydrogens (tertiary/aromatic N) is 1. The van der Waals surface area contributed by atoms with E-state index >= 15 is 0 Å². The monoisotopic (exact) mass is 416 g/mol. The van der Waals surface area contributed by atoms with Crippen LogP contribution in [0.4, 0.5) is 5.69 Å². The lowest BCUT2D eigenvalue weighted by Gasteiger charge is -2.39. The molecule has 1 saturated heterocycles. The van der Waals surface area contributed by atoms with E-state index in [1.807, 2.05) is 47.4 Å². The highest BCUT2D eigenvalue weighted by Gasteiger charge is 2.29. The van der Waals surface area contributed by atoms with E-state index in [0.29, 0.717) is 17.0 Å². The number of nitrogens with one attached hydrogen (secondary N) is 1. The maximum Gasteiger partial charge on any atom is 0.262 e. The zero-order chi connectivity index (χ0) is 21.8. The minimum absolute atomic E-state index is 0.0530. The van der Waals surface area contributed by atoms with Crippen LogP contribution in [0, 0.1) is 0 Å². The van der Waals surface area contributed by atoms with Crippen LogP contribution >= 0.6 is 0 Å². The topological polar surface area (TPSA) is 58.6 Å². The number of anilines is 1. The van der Waals surface area contributed by atoms with Crippen molar-refractivity contribution in [1.29, 1.82) is 0 Å². The third-order valence-electron chi connectivity index (χ3n) is 5.93. The van der Waals surface area contributed by atoms with Crippen LogP contribution in [-0.4, -0.2) is 35.4 Å². The highest BCUT2D eigenvalue weighted by atomic mass is 16.5. The second kappa shape index (κ2) is 9.21. The first-order chi connectivity index (χ1) is 15.0. The van der Waals surface area contributed by atoms with Crippen molar-refractivity contribution in [3.8, 4) is 5.75 Å². The summed E-state index contributed by atoms with van der Waals surface area (Å²) in [6.45, 7) is 4.14. The Kier molecular flexibility index (Phi) is 6.21. The summed E-state index contributed by atoms with van der Waals surface area (Å²) in [6.07, 6.45) is 3.25. The van der Waals surface area contributed by atoms with Crippen molar-refractivity contribution in [2.45, 2.75) is 45.2 Å². The van der Waals surface area contributed by atoms with Gasteiger partial charge in [-0.15, -0.1) is 0 Å². The van der Waals surface area contributed by atoms with Crippen molar-refractivity contribution >= 4 is 28.3 Å². The van der Waals surface area contributed by atoms with Gasteiger partial charge in [-0.1, -0.05) is 30.3 Å². The molecule has 2 amide bonds. The summed E-state index contributed by atoms with van der Waals surface area (Å²) < 4.78 is 5.64. The smallest absolute Gasteiger partial charge is 0.262 e. The SMILES string of the molecule is CC1CCCC(C)N1C(=O)c1ccc(NC(=O)COc2ccc3ccccc3c2)cc1. The van der Waals surface area contributed by atoms with Crippen LogP contribution in [0.2, 0.25) is 0 Å². The Hall–Kier alpha value is -3.34. The molecule has 1 N–H and O–H groups in total. The predicted molar refractivity (Wildman–Crippen MR) is 123 cm³/mol. The number of likely N-dealkylation sites (tertiary alicyclic amines) is 1. The molecule has 4 rings (SSSR count). The highest BCUT2D eigenvalue weighted by molar-refractivity contribution is 5.96. The molecule has 3 aromatic rings. The van der Waals surface area contributed by atoms with Crippen molar-refractivity contribution in [1.82, 2.24) is 4.90 Å².